The maximum absolute atomic E-state index is 11.9. The average Bonchev–Trinajstić information content (AvgIpc) is 2.67. The molecule has 1 aliphatic rings. The molecule has 8 heteroatoms. The van der Waals surface area contributed by atoms with Gasteiger partial charge in [-0.15, -0.1) is 0 Å². The topological polar surface area (TPSA) is 97.6 Å². The first kappa shape index (κ1) is 20.2. The molecule has 26 heavy (non-hydrogen) atoms. The Morgan fingerprint density at radius 1 is 1.35 bits per heavy atom. The van der Waals surface area contributed by atoms with Crippen LogP contribution in [0.1, 0.15) is 37.8 Å². The number of sulfonamides is 1. The van der Waals surface area contributed by atoms with Gasteiger partial charge in [0.2, 0.25) is 10.0 Å². The summed E-state index contributed by atoms with van der Waals surface area (Å²) in [4.78, 5) is 4.59. The number of aliphatic imine (C=N–C) groups is 1. The van der Waals surface area contributed by atoms with Crippen molar-refractivity contribution in [1.82, 2.24) is 14.9 Å². The summed E-state index contributed by atoms with van der Waals surface area (Å²) in [6.07, 6.45) is 1.52. The molecule has 0 atom stereocenters. The minimum Gasteiger partial charge on any atom is -0.357 e. The van der Waals surface area contributed by atoms with E-state index in [1.165, 1.54) is 0 Å². The van der Waals surface area contributed by atoms with Crippen LogP contribution >= 0.6 is 0 Å². The van der Waals surface area contributed by atoms with Crippen LogP contribution in [0.5, 0.6) is 0 Å². The molecule has 1 fully saturated rings. The van der Waals surface area contributed by atoms with E-state index in [-0.39, 0.29) is 11.8 Å². The Morgan fingerprint density at radius 3 is 2.69 bits per heavy atom. The molecule has 0 radical (unpaired) electrons. The molecule has 1 aromatic rings. The van der Waals surface area contributed by atoms with Crippen molar-refractivity contribution < 1.29 is 8.42 Å². The third-order valence-corrected chi connectivity index (χ3v) is 6.25. The number of rotatable bonds is 6. The van der Waals surface area contributed by atoms with Crippen LogP contribution in [-0.4, -0.2) is 50.1 Å². The highest BCUT2D eigenvalue weighted by molar-refractivity contribution is 7.89. The van der Waals surface area contributed by atoms with Gasteiger partial charge in [0.15, 0.2) is 5.96 Å². The highest BCUT2D eigenvalue weighted by Gasteiger charge is 2.26. The molecule has 2 N–H and O–H groups in total. The molecule has 0 unspecified atom stereocenters. The van der Waals surface area contributed by atoms with Crippen molar-refractivity contribution >= 4 is 16.0 Å². The van der Waals surface area contributed by atoms with Gasteiger partial charge in [-0.2, -0.15) is 5.26 Å². The Morgan fingerprint density at radius 2 is 2.08 bits per heavy atom. The van der Waals surface area contributed by atoms with Crippen molar-refractivity contribution in [1.29, 1.82) is 5.26 Å². The maximum Gasteiger partial charge on any atom is 0.213 e. The largest absolute Gasteiger partial charge is 0.357 e. The highest BCUT2D eigenvalue weighted by atomic mass is 32.2. The molecule has 1 aromatic carbocycles. The van der Waals surface area contributed by atoms with Crippen LogP contribution in [0.15, 0.2) is 29.3 Å². The van der Waals surface area contributed by atoms with Gasteiger partial charge in [0.05, 0.1) is 23.9 Å². The van der Waals surface area contributed by atoms with Crippen molar-refractivity contribution in [3.63, 3.8) is 0 Å². The first-order chi connectivity index (χ1) is 12.5. The summed E-state index contributed by atoms with van der Waals surface area (Å²) in [5.41, 5.74) is 1.60. The van der Waals surface area contributed by atoms with E-state index < -0.39 is 10.0 Å². The van der Waals surface area contributed by atoms with Gasteiger partial charge in [0.1, 0.15) is 0 Å². The van der Waals surface area contributed by atoms with E-state index in [4.69, 9.17) is 5.26 Å². The molecular formula is C18H27N5O2S. The second kappa shape index (κ2) is 9.55. The zero-order chi connectivity index (χ0) is 19.0. The second-order valence-electron chi connectivity index (χ2n) is 6.23. The average molecular weight is 378 g/mol. The van der Waals surface area contributed by atoms with E-state index in [0.29, 0.717) is 31.2 Å². The molecule has 0 bridgehead atoms. The Kier molecular flexibility index (Phi) is 7.42. The number of piperidine rings is 1. The fourth-order valence-corrected chi connectivity index (χ4v) is 4.02. The molecule has 1 saturated heterocycles. The summed E-state index contributed by atoms with van der Waals surface area (Å²) < 4.78 is 25.5. The summed E-state index contributed by atoms with van der Waals surface area (Å²) in [6, 6.07) is 9.74. The zero-order valence-electron chi connectivity index (χ0n) is 15.4. The molecule has 0 saturated carbocycles. The van der Waals surface area contributed by atoms with Crippen LogP contribution in [0.3, 0.4) is 0 Å². The van der Waals surface area contributed by atoms with Gasteiger partial charge >= 0.3 is 0 Å². The predicted octanol–water partition coefficient (Wildman–Crippen LogP) is 1.43. The van der Waals surface area contributed by atoms with Crippen molar-refractivity contribution in [2.24, 2.45) is 4.99 Å². The van der Waals surface area contributed by atoms with Crippen molar-refractivity contribution in [2.75, 3.05) is 25.4 Å². The lowest BCUT2D eigenvalue weighted by Crippen LogP contribution is -2.50. The van der Waals surface area contributed by atoms with Gasteiger partial charge in [-0.05, 0) is 44.4 Å². The van der Waals surface area contributed by atoms with Crippen molar-refractivity contribution in [3.8, 4) is 6.07 Å². The number of nitrogens with one attached hydrogen (secondary N) is 2. The smallest absolute Gasteiger partial charge is 0.213 e. The van der Waals surface area contributed by atoms with Crippen LogP contribution in [-0.2, 0) is 16.6 Å². The van der Waals surface area contributed by atoms with E-state index in [2.05, 4.69) is 21.7 Å². The van der Waals surface area contributed by atoms with Gasteiger partial charge < -0.3 is 10.6 Å². The molecule has 142 valence electrons. The van der Waals surface area contributed by atoms with Crippen LogP contribution in [0.4, 0.5) is 0 Å². The fraction of sp³-hybridized carbons (Fsp3) is 0.556. The molecule has 2 rings (SSSR count). The lowest BCUT2D eigenvalue weighted by atomic mass is 10.1. The van der Waals surface area contributed by atoms with Gasteiger partial charge in [-0.1, -0.05) is 12.1 Å². The third kappa shape index (κ3) is 5.71. The summed E-state index contributed by atoms with van der Waals surface area (Å²) >= 11 is 0. The summed E-state index contributed by atoms with van der Waals surface area (Å²) in [5.74, 6) is 0.864. The first-order valence-electron chi connectivity index (χ1n) is 9.00. The molecule has 0 aliphatic carbocycles. The Labute approximate surface area is 156 Å². The van der Waals surface area contributed by atoms with Crippen LogP contribution in [0, 0.1) is 11.3 Å². The second-order valence-corrected chi connectivity index (χ2v) is 8.48. The molecular weight excluding hydrogens is 350 g/mol. The molecule has 0 amide bonds. The Hall–Kier alpha value is -2.11. The summed E-state index contributed by atoms with van der Waals surface area (Å²) in [5, 5.41) is 15.6. The predicted molar refractivity (Wildman–Crippen MR) is 103 cm³/mol. The number of nitrogens with zero attached hydrogens (tertiary/aromatic N) is 3. The zero-order valence-corrected chi connectivity index (χ0v) is 16.2. The monoisotopic (exact) mass is 377 g/mol. The highest BCUT2D eigenvalue weighted by Crippen LogP contribution is 2.14. The van der Waals surface area contributed by atoms with Crippen LogP contribution in [0.2, 0.25) is 0 Å². The molecule has 0 aromatic heterocycles. The fourth-order valence-electron chi connectivity index (χ4n) is 2.88. The first-order valence-corrected chi connectivity index (χ1v) is 10.6. The SMILES string of the molecule is CCNC(=NCc1cccc(C#N)c1)NC1CCN(S(=O)(=O)CC)CC1. The standard InChI is InChI=1S/C18H27N5O2S/c1-3-20-18(21-14-16-7-5-6-15(12-16)13-19)22-17-8-10-23(11-9-17)26(24,25)4-2/h5-7,12,17H,3-4,8-11,14H2,1-2H3,(H2,20,21,22). The quantitative estimate of drug-likeness (QED) is 0.577. The Bertz CT molecular complexity index is 762. The van der Waals surface area contributed by atoms with Crippen LogP contribution < -0.4 is 10.6 Å². The van der Waals surface area contributed by atoms with Gasteiger partial charge in [-0.25, -0.2) is 17.7 Å². The molecule has 1 aliphatic heterocycles. The van der Waals surface area contributed by atoms with E-state index >= 15 is 0 Å². The minimum absolute atomic E-state index is 0.150. The number of guanidine groups is 1. The van der Waals surface area contributed by atoms with Gasteiger partial charge in [0, 0.05) is 25.7 Å². The van der Waals surface area contributed by atoms with E-state index in [1.807, 2.05) is 25.1 Å². The molecule has 1 heterocycles. The number of benzene rings is 1. The maximum atomic E-state index is 11.9. The lowest BCUT2D eigenvalue weighted by Gasteiger charge is -2.32. The van der Waals surface area contributed by atoms with Crippen molar-refractivity contribution in [2.45, 2.75) is 39.3 Å². The van der Waals surface area contributed by atoms with Crippen molar-refractivity contribution in [3.05, 3.63) is 35.4 Å². The van der Waals surface area contributed by atoms with Gasteiger partial charge in [0.25, 0.3) is 0 Å². The van der Waals surface area contributed by atoms with Gasteiger partial charge in [-0.3, -0.25) is 0 Å². The number of nitriles is 1. The molecule has 7 nitrogen and oxygen atoms in total. The summed E-state index contributed by atoms with van der Waals surface area (Å²) in [6.45, 7) is 5.98. The third-order valence-electron chi connectivity index (χ3n) is 4.37. The molecule has 0 spiro atoms. The van der Waals surface area contributed by atoms with Crippen LogP contribution in [0.25, 0.3) is 0 Å². The normalized spacial score (nSPS) is 16.9. The van der Waals surface area contributed by atoms with E-state index in [1.54, 1.807) is 17.3 Å². The Balaban J connectivity index is 1.95. The van der Waals surface area contributed by atoms with E-state index in [0.717, 1.165) is 24.9 Å². The number of hydrogen-bond acceptors (Lipinski definition) is 4. The number of hydrogen-bond donors (Lipinski definition) is 2. The van der Waals surface area contributed by atoms with E-state index in [9.17, 15) is 8.42 Å². The summed E-state index contributed by atoms with van der Waals surface area (Å²) in [7, 11) is -3.10. The minimum atomic E-state index is -3.10. The lowest BCUT2D eigenvalue weighted by molar-refractivity contribution is 0.306.